The summed E-state index contributed by atoms with van der Waals surface area (Å²) in [4.78, 5) is 14.3. The highest BCUT2D eigenvalue weighted by Gasteiger charge is 2.48. The molecule has 1 heterocycles. The van der Waals surface area contributed by atoms with Crippen LogP contribution in [0.3, 0.4) is 0 Å². The first-order chi connectivity index (χ1) is 8.69. The van der Waals surface area contributed by atoms with Gasteiger partial charge in [0.25, 0.3) is 0 Å². The number of H-pyrrole nitrogens is 1. The Kier molecular flexibility index (Phi) is 2.14. The lowest BCUT2D eigenvalue weighted by molar-refractivity contribution is -0.00280. The molecule has 3 heteroatoms. The van der Waals surface area contributed by atoms with Crippen LogP contribution in [0.25, 0.3) is 0 Å². The maximum absolute atomic E-state index is 11.6. The number of hydrogen-bond donors (Lipinski definition) is 2. The fraction of sp³-hybridized carbons (Fsp3) is 0.667. The summed E-state index contributed by atoms with van der Waals surface area (Å²) in [5.74, 6) is 4.68. The Bertz CT molecular complexity index is 506. The molecule has 0 radical (unpaired) electrons. The molecule has 0 atom stereocenters. The van der Waals surface area contributed by atoms with Crippen molar-refractivity contribution in [3.8, 4) is 0 Å². The predicted molar refractivity (Wildman–Crippen MR) is 71.3 cm³/mol. The van der Waals surface area contributed by atoms with E-state index in [2.05, 4.69) is 4.98 Å². The highest BCUT2D eigenvalue weighted by Crippen LogP contribution is 2.59. The Morgan fingerprint density at radius 3 is 2.17 bits per heavy atom. The molecular formula is C15H20N2O. The Hall–Kier alpha value is -1.25. The van der Waals surface area contributed by atoms with Gasteiger partial charge >= 0.3 is 0 Å². The van der Waals surface area contributed by atoms with E-state index >= 15 is 0 Å². The first-order valence-corrected chi connectivity index (χ1v) is 7.19. The molecule has 0 unspecified atom stereocenters. The summed E-state index contributed by atoms with van der Waals surface area (Å²) >= 11 is 0. The van der Waals surface area contributed by atoms with Crippen LogP contribution < -0.4 is 11.3 Å². The van der Waals surface area contributed by atoms with Crippen molar-refractivity contribution in [2.75, 3.05) is 5.73 Å². The van der Waals surface area contributed by atoms with Crippen molar-refractivity contribution in [2.45, 2.75) is 38.0 Å². The van der Waals surface area contributed by atoms with Crippen LogP contribution in [-0.2, 0) is 0 Å². The molecule has 1 aromatic rings. The number of nitrogens with one attached hydrogen (secondary N) is 1. The maximum Gasteiger partial charge on any atom is 0.249 e. The summed E-state index contributed by atoms with van der Waals surface area (Å²) in [6.07, 6.45) is 6.99. The molecule has 0 aliphatic heterocycles. The van der Waals surface area contributed by atoms with E-state index in [0.717, 1.165) is 23.7 Å². The molecule has 0 amide bonds. The van der Waals surface area contributed by atoms with Crippen molar-refractivity contribution in [3.05, 3.63) is 28.0 Å². The van der Waals surface area contributed by atoms with Crippen LogP contribution in [0, 0.1) is 23.7 Å². The van der Waals surface area contributed by atoms with Gasteiger partial charge in [0.1, 0.15) is 5.82 Å². The first kappa shape index (κ1) is 10.7. The van der Waals surface area contributed by atoms with E-state index < -0.39 is 0 Å². The fourth-order valence-electron chi connectivity index (χ4n) is 5.25. The average Bonchev–Trinajstić information content (AvgIpc) is 2.25. The Morgan fingerprint density at radius 1 is 1.00 bits per heavy atom. The molecule has 1 aromatic heterocycles. The van der Waals surface area contributed by atoms with E-state index in [1.807, 2.05) is 6.07 Å². The predicted octanol–water partition coefficient (Wildman–Crippen LogP) is 2.50. The number of aromatic nitrogens is 1. The molecule has 4 aliphatic carbocycles. The van der Waals surface area contributed by atoms with Crippen LogP contribution in [0.15, 0.2) is 16.9 Å². The third-order valence-corrected chi connectivity index (χ3v) is 5.50. The summed E-state index contributed by atoms with van der Waals surface area (Å²) in [5, 5.41) is 0. The molecule has 0 saturated heterocycles. The molecule has 4 saturated carbocycles. The SMILES string of the molecule is Nc1cc(C2C3CC4CC(C3)CC2C4)cc(=O)[nH]1. The Morgan fingerprint density at radius 2 is 1.61 bits per heavy atom. The van der Waals surface area contributed by atoms with Crippen molar-refractivity contribution in [2.24, 2.45) is 23.7 Å². The molecule has 4 aliphatic rings. The number of hydrogen-bond acceptors (Lipinski definition) is 2. The Balaban J connectivity index is 1.74. The van der Waals surface area contributed by atoms with Gasteiger partial charge in [-0.1, -0.05) is 0 Å². The van der Waals surface area contributed by atoms with Crippen molar-refractivity contribution in [3.63, 3.8) is 0 Å². The maximum atomic E-state index is 11.6. The molecule has 4 bridgehead atoms. The van der Waals surface area contributed by atoms with Crippen LogP contribution in [0.4, 0.5) is 5.82 Å². The minimum absolute atomic E-state index is 0.0428. The zero-order chi connectivity index (χ0) is 12.3. The zero-order valence-corrected chi connectivity index (χ0v) is 10.6. The zero-order valence-electron chi connectivity index (χ0n) is 10.6. The second-order valence-corrected chi connectivity index (χ2v) is 6.69. The van der Waals surface area contributed by atoms with Gasteiger partial charge in [0.15, 0.2) is 0 Å². The fourth-order valence-corrected chi connectivity index (χ4v) is 5.25. The summed E-state index contributed by atoms with van der Waals surface area (Å²) in [7, 11) is 0. The second-order valence-electron chi connectivity index (χ2n) is 6.69. The molecule has 96 valence electrons. The lowest BCUT2D eigenvalue weighted by atomic mass is 9.51. The van der Waals surface area contributed by atoms with Gasteiger partial charge in [-0.25, -0.2) is 0 Å². The molecule has 0 spiro atoms. The van der Waals surface area contributed by atoms with Crippen LogP contribution in [0.2, 0.25) is 0 Å². The van der Waals surface area contributed by atoms with E-state index in [-0.39, 0.29) is 5.56 Å². The number of anilines is 1. The van der Waals surface area contributed by atoms with Gasteiger partial charge in [0.05, 0.1) is 0 Å². The lowest BCUT2D eigenvalue weighted by Crippen LogP contribution is -2.44. The largest absolute Gasteiger partial charge is 0.385 e. The van der Waals surface area contributed by atoms with Crippen molar-refractivity contribution < 1.29 is 0 Å². The van der Waals surface area contributed by atoms with Crippen molar-refractivity contribution >= 4 is 5.82 Å². The lowest BCUT2D eigenvalue weighted by Gasteiger charge is -2.54. The summed E-state index contributed by atoms with van der Waals surface area (Å²) in [6.45, 7) is 0. The number of nitrogens with two attached hydrogens (primary N) is 1. The van der Waals surface area contributed by atoms with Crippen LogP contribution in [-0.4, -0.2) is 4.98 Å². The minimum atomic E-state index is -0.0428. The number of rotatable bonds is 1. The summed E-state index contributed by atoms with van der Waals surface area (Å²) in [5.41, 5.74) is 6.95. The van der Waals surface area contributed by atoms with Crippen molar-refractivity contribution in [1.82, 2.24) is 4.98 Å². The van der Waals surface area contributed by atoms with Crippen LogP contribution in [0.1, 0.15) is 43.6 Å². The van der Waals surface area contributed by atoms with E-state index in [1.54, 1.807) is 6.07 Å². The van der Waals surface area contributed by atoms with E-state index in [0.29, 0.717) is 11.7 Å². The average molecular weight is 244 g/mol. The number of nitrogen functional groups attached to an aromatic ring is 1. The standard InChI is InChI=1S/C15H20N2O/c16-13-6-12(7-14(18)17-13)15-10-2-8-1-9(4-10)5-11(15)3-8/h6-11,15H,1-5H2,(H3,16,17,18). The number of aromatic amines is 1. The highest BCUT2D eigenvalue weighted by atomic mass is 16.1. The molecule has 3 N–H and O–H groups in total. The monoisotopic (exact) mass is 244 g/mol. The van der Waals surface area contributed by atoms with E-state index in [4.69, 9.17) is 5.73 Å². The Labute approximate surface area is 107 Å². The second kappa shape index (κ2) is 3.62. The van der Waals surface area contributed by atoms with Gasteiger partial charge in [-0.05, 0) is 73.3 Å². The van der Waals surface area contributed by atoms with Gasteiger partial charge < -0.3 is 10.7 Å². The van der Waals surface area contributed by atoms with Gasteiger partial charge in [0, 0.05) is 6.07 Å². The van der Waals surface area contributed by atoms with E-state index in [1.165, 1.54) is 37.7 Å². The summed E-state index contributed by atoms with van der Waals surface area (Å²) < 4.78 is 0. The van der Waals surface area contributed by atoms with Crippen molar-refractivity contribution in [1.29, 1.82) is 0 Å². The molecular weight excluding hydrogens is 224 g/mol. The molecule has 18 heavy (non-hydrogen) atoms. The smallest absolute Gasteiger partial charge is 0.249 e. The van der Waals surface area contributed by atoms with Gasteiger partial charge in [0.2, 0.25) is 5.56 Å². The molecule has 4 fully saturated rings. The first-order valence-electron chi connectivity index (χ1n) is 7.19. The topological polar surface area (TPSA) is 58.9 Å². The van der Waals surface area contributed by atoms with E-state index in [9.17, 15) is 4.79 Å². The number of pyridine rings is 1. The summed E-state index contributed by atoms with van der Waals surface area (Å²) in [6, 6.07) is 3.78. The molecule has 3 nitrogen and oxygen atoms in total. The quantitative estimate of drug-likeness (QED) is 0.797. The van der Waals surface area contributed by atoms with Crippen LogP contribution in [0.5, 0.6) is 0 Å². The van der Waals surface area contributed by atoms with Gasteiger partial charge in [-0.3, -0.25) is 4.79 Å². The minimum Gasteiger partial charge on any atom is -0.385 e. The molecule has 5 rings (SSSR count). The van der Waals surface area contributed by atoms with Gasteiger partial charge in [-0.2, -0.15) is 0 Å². The van der Waals surface area contributed by atoms with Gasteiger partial charge in [-0.15, -0.1) is 0 Å². The normalized spacial score (nSPS) is 41.2. The van der Waals surface area contributed by atoms with Crippen LogP contribution >= 0.6 is 0 Å². The highest BCUT2D eigenvalue weighted by molar-refractivity contribution is 5.35. The molecule has 0 aromatic carbocycles. The third kappa shape index (κ3) is 1.53. The third-order valence-electron chi connectivity index (χ3n) is 5.50.